The number of aromatic nitrogens is 10. The highest BCUT2D eigenvalue weighted by Gasteiger charge is 2.51. The molecule has 136 heavy (non-hydrogen) atoms. The van der Waals surface area contributed by atoms with Crippen molar-refractivity contribution in [1.29, 1.82) is 0 Å². The zero-order valence-electron chi connectivity index (χ0n) is 78.5. The molecule has 0 saturated carbocycles. The second-order valence-corrected chi connectivity index (χ2v) is 35.9. The Morgan fingerprint density at radius 1 is 0.419 bits per heavy atom. The van der Waals surface area contributed by atoms with Gasteiger partial charge in [0.2, 0.25) is 23.8 Å². The summed E-state index contributed by atoms with van der Waals surface area (Å²) in [6.45, 7) is 35.2. The maximum atomic E-state index is 12.8. The van der Waals surface area contributed by atoms with E-state index in [1.54, 1.807) is 69.5 Å². The second-order valence-electron chi connectivity index (χ2n) is 35.4. The molecular weight excluding hydrogens is 1820 g/mol. The molecule has 8 aromatic rings. The quantitative estimate of drug-likeness (QED) is 0.0333. The number of ether oxygens (including phenoxy) is 6. The Morgan fingerprint density at radius 2 is 0.743 bits per heavy atom. The third kappa shape index (κ3) is 28.1. The summed E-state index contributed by atoms with van der Waals surface area (Å²) in [5, 5.41) is 14.0. The summed E-state index contributed by atoms with van der Waals surface area (Å²) >= 11 is 4.49. The minimum atomic E-state index is -0.750. The van der Waals surface area contributed by atoms with Gasteiger partial charge in [-0.2, -0.15) is 8.42 Å². The molecule has 10 aliphatic rings. The number of aryl methyl sites for hydroxylation is 4. The van der Waals surface area contributed by atoms with E-state index in [1.807, 2.05) is 138 Å². The lowest BCUT2D eigenvalue weighted by Gasteiger charge is -2.35. The number of likely N-dealkylation sites (tertiary alicyclic amines) is 4. The topological polar surface area (TPSA) is 476 Å². The highest BCUT2D eigenvalue weighted by Crippen LogP contribution is 2.38. The minimum Gasteiger partial charge on any atom is -1.00 e. The predicted molar refractivity (Wildman–Crippen MR) is 494 cm³/mol. The van der Waals surface area contributed by atoms with Gasteiger partial charge in [0, 0.05) is 150 Å². The highest BCUT2D eigenvalue weighted by molar-refractivity contribution is 7.51. The van der Waals surface area contributed by atoms with Crippen LogP contribution in [0.1, 0.15) is 207 Å². The van der Waals surface area contributed by atoms with Crippen LogP contribution in [0.15, 0.2) is 135 Å². The van der Waals surface area contributed by atoms with Gasteiger partial charge in [-0.3, -0.25) is 24.4 Å². The Balaban J connectivity index is 0.000000167. The van der Waals surface area contributed by atoms with Gasteiger partial charge in [0.25, 0.3) is 23.0 Å². The van der Waals surface area contributed by atoms with Crippen molar-refractivity contribution in [2.24, 2.45) is 0 Å². The molecule has 10 bridgehead atoms. The average molecular weight is 1940 g/mol. The summed E-state index contributed by atoms with van der Waals surface area (Å²) in [6, 6.07) is 25.6. The number of hydroxylamine groups is 1. The van der Waals surface area contributed by atoms with Crippen molar-refractivity contribution in [3.8, 4) is 0 Å². The van der Waals surface area contributed by atoms with Gasteiger partial charge >= 0.3 is 47.6 Å². The van der Waals surface area contributed by atoms with Crippen molar-refractivity contribution >= 4 is 106 Å². The lowest BCUT2D eigenvalue weighted by Crippen LogP contribution is -3.00. The first-order valence-electron chi connectivity index (χ1n) is 44.8. The monoisotopic (exact) mass is 1930 g/mol. The van der Waals surface area contributed by atoms with Crippen LogP contribution in [0.25, 0.3) is 0 Å². The highest BCUT2D eigenvalue weighted by atomic mass is 35.5. The molecule has 18 rings (SSSR count). The lowest BCUT2D eigenvalue weighted by atomic mass is 10.1. The van der Waals surface area contributed by atoms with Gasteiger partial charge < -0.3 is 90.7 Å². The van der Waals surface area contributed by atoms with Crippen molar-refractivity contribution in [1.82, 2.24) is 80.2 Å². The van der Waals surface area contributed by atoms with Gasteiger partial charge in [-0.25, -0.2) is 84.1 Å². The van der Waals surface area contributed by atoms with E-state index < -0.39 is 40.3 Å². The van der Waals surface area contributed by atoms with Crippen LogP contribution in [0.4, 0.5) is 33.4 Å². The molecule has 0 spiro atoms. The Hall–Kier alpha value is -13.0. The summed E-state index contributed by atoms with van der Waals surface area (Å²) in [4.78, 5) is 176. The number of piperazine rings is 5. The zero-order chi connectivity index (χ0) is 97.5. The van der Waals surface area contributed by atoms with Gasteiger partial charge in [0.15, 0.2) is 0 Å². The van der Waals surface area contributed by atoms with E-state index in [2.05, 4.69) is 80.1 Å². The SMILES string of the molecule is CC(C)(C)OC(=O)N1C[C@@H]2C[C@H]1CN2.CCOC(=O)c1cnc(C)nc1.CCOC(=O)c1cnc(N2C[C@@H]3C[C@H]2CN3C(=O)OC(C)(C)C)nc1.CCOC(=O)c1cnc(N2C[C@@H]3C[C@H]2CN3C(=O)c2cccc(C)c2)nc1.CCOC(=O)c1cnc(N2C[C@@H]3C[C@H]2C[NH2+]3)nc1.Cc1cccc(C(=O)Cl)c1.Cc1cccc(C(=O)N2C[C@@H]3C[C@H]2CN3c2ncc(C(=O)NO)cn2)c1.O=S=O.[Cl-]. The molecule has 40 nitrogen and oxygen atoms in total. The minimum absolute atomic E-state index is 0. The number of amides is 5. The number of anilines is 4. The van der Waals surface area contributed by atoms with E-state index in [4.69, 9.17) is 53.6 Å². The van der Waals surface area contributed by atoms with E-state index >= 15 is 0 Å². The molecule has 0 aliphatic carbocycles. The van der Waals surface area contributed by atoms with Crippen molar-refractivity contribution < 1.29 is 108 Å². The number of quaternary nitrogens is 1. The molecule has 10 saturated heterocycles. The van der Waals surface area contributed by atoms with Crippen LogP contribution in [-0.4, -0.2) is 306 Å². The van der Waals surface area contributed by atoms with Gasteiger partial charge in [-0.15, -0.1) is 0 Å². The smallest absolute Gasteiger partial charge is 0.410 e. The second kappa shape index (κ2) is 48.5. The largest absolute Gasteiger partial charge is 1.00 e. The van der Waals surface area contributed by atoms with Crippen molar-refractivity contribution in [3.63, 3.8) is 0 Å². The first kappa shape index (κ1) is 105. The molecule has 5 N–H and O–H groups in total. The first-order chi connectivity index (χ1) is 64.5. The van der Waals surface area contributed by atoms with E-state index in [-0.39, 0.29) is 95.8 Å². The first-order valence-corrected chi connectivity index (χ1v) is 45.8. The number of hydrogen-bond acceptors (Lipinski definition) is 34. The summed E-state index contributed by atoms with van der Waals surface area (Å²) in [5.41, 5.74) is 7.59. The molecule has 43 heteroatoms. The van der Waals surface area contributed by atoms with Crippen LogP contribution in [0.2, 0.25) is 0 Å². The molecule has 15 heterocycles. The standard InChI is InChI=1S/C20H22N4O3.C18H19N5O3.C17H24N4O4.C12H16N4O2.C10H18N2O2.C8H7ClO.C8H10N2O2.ClH.O2S/c1-3-27-19(26)15-9-21-20(22-10-15)24-12-16-8-17(24)11-23(16)18(25)14-6-4-5-13(2)7-14;1-11-3-2-4-12(5-11)17(25)22-9-15-6-14(22)10-23(15)18-19-7-13(8-20-18)16(24)21-26;1-5-24-14(22)11-7-18-15(19-8-11)20-9-13-6-12(20)10-21(13)16(23)25-17(2,3)4;1-2-18-11(17)8-4-14-12(15-5-8)16-7-9-3-10(16)6-13-9;1-10(2,3)14-9(13)12-6-7-4-8(12)5-11-7;1-6-3-2-4-7(5-6)8(9)10;1-3-12-8(11)7-4-9-6(2)10-5-7;;1-3-2/h4-7,9-10,16-17H,3,8,11-12H2,1-2H3;2-5,7-8,14-15,26H,6,9-10H2,1H3,(H,21,24);7-8,12-13H,5-6,9-10H2,1-4H3;4-5,9-10,13H,2-3,6-7H2,1H3;7-8,11H,4-6H2,1-3H3;2-5H,1H3;4-5H,3H2,1-2H3;1H;/t16-,17-;14-,15-;12-,13-;9-,10-;7-,8-;;;;/m00000..../s1. The zero-order valence-corrected chi connectivity index (χ0v) is 80.8. The number of nitrogens with two attached hydrogens (primary N) is 1. The Kier molecular flexibility index (Phi) is 37.5. The van der Waals surface area contributed by atoms with E-state index in [1.165, 1.54) is 56.0 Å². The molecular formula is C93H117Cl2N21O19S. The Labute approximate surface area is 803 Å². The van der Waals surface area contributed by atoms with Gasteiger partial charge in [-0.1, -0.05) is 59.2 Å². The van der Waals surface area contributed by atoms with Crippen LogP contribution in [0.5, 0.6) is 0 Å². The summed E-state index contributed by atoms with van der Waals surface area (Å²) in [5.74, 6) is 1.01. The third-order valence-electron chi connectivity index (χ3n) is 23.3. The Bertz CT molecular complexity index is 5500. The van der Waals surface area contributed by atoms with E-state index in [0.29, 0.717) is 141 Å². The molecule has 5 aromatic heterocycles. The number of carbonyl (C=O) groups excluding carboxylic acids is 10. The van der Waals surface area contributed by atoms with Crippen molar-refractivity contribution in [3.05, 3.63) is 202 Å². The summed E-state index contributed by atoms with van der Waals surface area (Å²) < 4.78 is 46.9. The van der Waals surface area contributed by atoms with Gasteiger partial charge in [0.1, 0.15) is 23.1 Å². The molecule has 5 amide bonds. The van der Waals surface area contributed by atoms with Crippen molar-refractivity contribution in [2.75, 3.05) is 111 Å². The summed E-state index contributed by atoms with van der Waals surface area (Å²) in [7, 11) is 0. The van der Waals surface area contributed by atoms with Crippen molar-refractivity contribution in [2.45, 2.75) is 201 Å². The number of fused-ring (bicyclic) bond motifs is 10. The van der Waals surface area contributed by atoms with Crippen LogP contribution in [0, 0.1) is 27.7 Å². The molecule has 10 atom stereocenters. The number of hydrogen-bond donors (Lipinski definition) is 4. The van der Waals surface area contributed by atoms with Crippen LogP contribution < -0.4 is 48.1 Å². The molecule has 10 aliphatic heterocycles. The average Bonchev–Trinajstić information content (AvgIpc) is 1.62. The number of rotatable bonds is 16. The molecule has 0 unspecified atom stereocenters. The fraction of sp³-hybridized carbons (Fsp3) is 0.484. The normalized spacial score (nSPS) is 20.4. The molecule has 3 aromatic carbocycles. The van der Waals surface area contributed by atoms with E-state index in [0.717, 1.165) is 85.6 Å². The molecule has 728 valence electrons. The number of halogens is 2. The van der Waals surface area contributed by atoms with E-state index in [9.17, 15) is 47.9 Å². The third-order valence-corrected chi connectivity index (χ3v) is 23.5. The predicted octanol–water partition coefficient (Wildman–Crippen LogP) is 4.74. The van der Waals surface area contributed by atoms with Crippen LogP contribution in [0.3, 0.4) is 0 Å². The molecule has 0 radical (unpaired) electrons. The lowest BCUT2D eigenvalue weighted by molar-refractivity contribution is -0.672. The number of nitrogens with zero attached hydrogens (tertiary/aromatic N) is 18. The maximum Gasteiger partial charge on any atom is 0.410 e. The fourth-order valence-corrected chi connectivity index (χ4v) is 17.3. The Morgan fingerprint density at radius 3 is 1.01 bits per heavy atom. The molecule has 10 fully saturated rings. The number of nitrogens with one attached hydrogen (secondary N) is 2. The van der Waals surface area contributed by atoms with Crippen LogP contribution in [-0.2, 0) is 40.0 Å². The fourth-order valence-electron chi connectivity index (χ4n) is 17.2. The summed E-state index contributed by atoms with van der Waals surface area (Å²) in [6.07, 6.45) is 19.3. The van der Waals surface area contributed by atoms with Gasteiger partial charge in [-0.05, 0) is 165 Å². The number of esters is 4. The van der Waals surface area contributed by atoms with Crippen LogP contribution >= 0.6 is 11.6 Å². The maximum absolute atomic E-state index is 12.8. The van der Waals surface area contributed by atoms with Gasteiger partial charge in [0.05, 0.1) is 110 Å². The number of carbonyl (C=O) groups is 10. The number of benzene rings is 3.